The summed E-state index contributed by atoms with van der Waals surface area (Å²) in [7, 11) is 0. The van der Waals surface area contributed by atoms with Gasteiger partial charge in [-0.3, -0.25) is 0 Å². The summed E-state index contributed by atoms with van der Waals surface area (Å²) in [6.45, 7) is -0.671. The molecule has 1 aromatic carbocycles. The lowest BCUT2D eigenvalue weighted by Crippen LogP contribution is -2.30. The van der Waals surface area contributed by atoms with Crippen LogP contribution in [0.4, 0.5) is 8.78 Å². The van der Waals surface area contributed by atoms with E-state index in [9.17, 15) is 8.78 Å². The van der Waals surface area contributed by atoms with Crippen molar-refractivity contribution in [1.82, 2.24) is 0 Å². The minimum atomic E-state index is -2.90. The van der Waals surface area contributed by atoms with Gasteiger partial charge in [-0.2, -0.15) is 0 Å². The van der Waals surface area contributed by atoms with Crippen molar-refractivity contribution in [3.05, 3.63) is 33.3 Å². The summed E-state index contributed by atoms with van der Waals surface area (Å²) in [4.78, 5) is 0. The fourth-order valence-corrected chi connectivity index (χ4v) is 1.62. The number of halogens is 4. The number of hydrogen-bond acceptors (Lipinski definition) is 1. The first-order valence-electron chi connectivity index (χ1n) is 3.96. The maximum atomic E-state index is 13.0. The molecule has 0 aliphatic rings. The first kappa shape index (κ1) is 11.9. The fraction of sp³-hybridized carbons (Fsp3) is 0.333. The van der Waals surface area contributed by atoms with E-state index in [1.165, 1.54) is 0 Å². The van der Waals surface area contributed by atoms with E-state index in [1.807, 2.05) is 0 Å². The van der Waals surface area contributed by atoms with Crippen LogP contribution in [0, 0.1) is 0 Å². The lowest BCUT2D eigenvalue weighted by molar-refractivity contribution is 0.0115. The molecule has 1 aromatic rings. The van der Waals surface area contributed by atoms with Gasteiger partial charge in [0.2, 0.25) is 0 Å². The molecule has 0 saturated carbocycles. The van der Waals surface area contributed by atoms with Crippen molar-refractivity contribution in [3.8, 4) is 0 Å². The Labute approximate surface area is 94.4 Å². The molecule has 0 aliphatic carbocycles. The van der Waals surface area contributed by atoms with Gasteiger partial charge in [0.15, 0.2) is 0 Å². The van der Waals surface area contributed by atoms with E-state index < -0.39 is 18.9 Å². The maximum absolute atomic E-state index is 13.0. The van der Waals surface area contributed by atoms with Gasteiger partial charge in [0.25, 0.3) is 5.92 Å². The highest BCUT2D eigenvalue weighted by Crippen LogP contribution is 2.26. The molecule has 0 radical (unpaired) electrons. The minimum Gasteiger partial charge on any atom is -0.325 e. The lowest BCUT2D eigenvalue weighted by atomic mass is 10.1. The summed E-state index contributed by atoms with van der Waals surface area (Å²) >= 11 is 8.96. The number of benzene rings is 1. The molecular formula is C9H9BrClF2N. The minimum absolute atomic E-state index is 0.335. The van der Waals surface area contributed by atoms with Gasteiger partial charge >= 0.3 is 0 Å². The third-order valence-electron chi connectivity index (χ3n) is 1.76. The van der Waals surface area contributed by atoms with E-state index in [0.717, 1.165) is 4.47 Å². The van der Waals surface area contributed by atoms with Gasteiger partial charge in [0, 0.05) is 15.9 Å². The van der Waals surface area contributed by atoms with Crippen LogP contribution in [0.5, 0.6) is 0 Å². The van der Waals surface area contributed by atoms with E-state index in [1.54, 1.807) is 18.2 Å². The number of alkyl halides is 2. The van der Waals surface area contributed by atoms with E-state index in [4.69, 9.17) is 17.3 Å². The zero-order valence-electron chi connectivity index (χ0n) is 7.24. The predicted molar refractivity (Wildman–Crippen MR) is 56.9 cm³/mol. The summed E-state index contributed by atoms with van der Waals surface area (Å²) in [5.41, 5.74) is 5.34. The highest BCUT2D eigenvalue weighted by molar-refractivity contribution is 9.10. The molecule has 0 aliphatic heterocycles. The smallest absolute Gasteiger partial charge is 0.264 e. The van der Waals surface area contributed by atoms with Crippen LogP contribution in [-0.4, -0.2) is 12.5 Å². The van der Waals surface area contributed by atoms with Gasteiger partial charge in [0.05, 0.1) is 6.54 Å². The number of rotatable bonds is 3. The molecule has 0 fully saturated rings. The summed E-state index contributed by atoms with van der Waals surface area (Å²) in [6.07, 6.45) is -0.429. The number of nitrogens with two attached hydrogens (primary N) is 1. The van der Waals surface area contributed by atoms with Crippen molar-refractivity contribution in [3.63, 3.8) is 0 Å². The second-order valence-electron chi connectivity index (χ2n) is 2.97. The lowest BCUT2D eigenvalue weighted by Gasteiger charge is -2.14. The molecule has 0 heterocycles. The molecule has 1 rings (SSSR count). The van der Waals surface area contributed by atoms with E-state index in [2.05, 4.69) is 15.9 Å². The Morgan fingerprint density at radius 2 is 2.07 bits per heavy atom. The first-order valence-corrected chi connectivity index (χ1v) is 5.13. The second kappa shape index (κ2) is 4.55. The van der Waals surface area contributed by atoms with Crippen LogP contribution >= 0.6 is 27.5 Å². The highest BCUT2D eigenvalue weighted by Gasteiger charge is 2.27. The van der Waals surface area contributed by atoms with E-state index in [-0.39, 0.29) is 0 Å². The molecular weight excluding hydrogens is 275 g/mol. The van der Waals surface area contributed by atoms with Crippen LogP contribution < -0.4 is 5.73 Å². The molecule has 1 nitrogen and oxygen atoms in total. The van der Waals surface area contributed by atoms with E-state index in [0.29, 0.717) is 10.6 Å². The Morgan fingerprint density at radius 1 is 1.43 bits per heavy atom. The average Bonchev–Trinajstić information content (AvgIpc) is 2.11. The van der Waals surface area contributed by atoms with Crippen LogP contribution in [0.3, 0.4) is 0 Å². The van der Waals surface area contributed by atoms with Crippen LogP contribution in [0.15, 0.2) is 22.7 Å². The molecule has 0 bridgehead atoms. The standard InChI is InChI=1S/C9H9BrClF2N/c10-7-1-2-8(11)6(3-7)4-9(12,13)5-14/h1-3H,4-5,14H2. The molecule has 78 valence electrons. The number of hydrogen-bond donors (Lipinski definition) is 1. The van der Waals surface area contributed by atoms with Gasteiger partial charge in [-0.1, -0.05) is 27.5 Å². The average molecular weight is 285 g/mol. The van der Waals surface area contributed by atoms with Gasteiger partial charge in [0.1, 0.15) is 0 Å². The predicted octanol–water partition coefficient (Wildman–Crippen LogP) is 3.24. The molecule has 0 atom stereocenters. The zero-order valence-corrected chi connectivity index (χ0v) is 9.58. The van der Waals surface area contributed by atoms with Gasteiger partial charge < -0.3 is 5.73 Å². The molecule has 0 unspecified atom stereocenters. The molecule has 14 heavy (non-hydrogen) atoms. The van der Waals surface area contributed by atoms with Crippen LogP contribution in [-0.2, 0) is 6.42 Å². The third kappa shape index (κ3) is 3.19. The van der Waals surface area contributed by atoms with Crippen molar-refractivity contribution in [2.24, 2.45) is 5.73 Å². The third-order valence-corrected chi connectivity index (χ3v) is 2.62. The molecule has 0 aromatic heterocycles. The molecule has 0 saturated heterocycles. The highest BCUT2D eigenvalue weighted by atomic mass is 79.9. The zero-order chi connectivity index (χ0) is 10.8. The summed E-state index contributed by atoms with van der Waals surface area (Å²) in [5.74, 6) is -2.90. The Hall–Kier alpha value is -0.190. The van der Waals surface area contributed by atoms with Crippen molar-refractivity contribution < 1.29 is 8.78 Å². The summed E-state index contributed by atoms with van der Waals surface area (Å²) in [6, 6.07) is 4.85. The fourth-order valence-electron chi connectivity index (χ4n) is 1.03. The van der Waals surface area contributed by atoms with Crippen molar-refractivity contribution >= 4 is 27.5 Å². The molecule has 0 spiro atoms. The van der Waals surface area contributed by atoms with Crippen molar-refractivity contribution in [1.29, 1.82) is 0 Å². The maximum Gasteiger partial charge on any atom is 0.264 e. The first-order chi connectivity index (χ1) is 6.44. The Kier molecular flexibility index (Phi) is 3.86. The summed E-state index contributed by atoms with van der Waals surface area (Å²) in [5, 5.41) is 0.335. The summed E-state index contributed by atoms with van der Waals surface area (Å²) < 4.78 is 26.6. The Bertz CT molecular complexity index is 331. The molecule has 2 N–H and O–H groups in total. The van der Waals surface area contributed by atoms with E-state index >= 15 is 0 Å². The monoisotopic (exact) mass is 283 g/mol. The van der Waals surface area contributed by atoms with Crippen LogP contribution in [0.25, 0.3) is 0 Å². The second-order valence-corrected chi connectivity index (χ2v) is 4.30. The Morgan fingerprint density at radius 3 is 2.64 bits per heavy atom. The molecule has 0 amide bonds. The molecule has 5 heteroatoms. The largest absolute Gasteiger partial charge is 0.325 e. The van der Waals surface area contributed by atoms with Gasteiger partial charge in [-0.05, 0) is 23.8 Å². The quantitative estimate of drug-likeness (QED) is 0.906. The normalized spacial score (nSPS) is 11.8. The van der Waals surface area contributed by atoms with Crippen LogP contribution in [0.1, 0.15) is 5.56 Å². The van der Waals surface area contributed by atoms with Crippen molar-refractivity contribution in [2.75, 3.05) is 6.54 Å². The Balaban J connectivity index is 2.91. The SMILES string of the molecule is NCC(F)(F)Cc1cc(Br)ccc1Cl. The van der Waals surface area contributed by atoms with Crippen LogP contribution in [0.2, 0.25) is 5.02 Å². The van der Waals surface area contributed by atoms with Crippen molar-refractivity contribution in [2.45, 2.75) is 12.3 Å². The van der Waals surface area contributed by atoms with Gasteiger partial charge in [-0.15, -0.1) is 0 Å². The van der Waals surface area contributed by atoms with Gasteiger partial charge in [-0.25, -0.2) is 8.78 Å². The topological polar surface area (TPSA) is 26.0 Å².